The summed E-state index contributed by atoms with van der Waals surface area (Å²) in [5.41, 5.74) is 6.22. The number of nitrogens with one attached hydrogen (secondary N) is 1. The van der Waals surface area contributed by atoms with Gasteiger partial charge in [-0.25, -0.2) is 0 Å². The highest BCUT2D eigenvalue weighted by Crippen LogP contribution is 2.22. The number of hydrogen-bond acceptors (Lipinski definition) is 3. The molecule has 4 heteroatoms. The fourth-order valence-corrected chi connectivity index (χ4v) is 3.91. The first-order chi connectivity index (χ1) is 8.25. The second kappa shape index (κ2) is 6.88. The molecule has 2 nitrogen and oxygen atoms in total. The van der Waals surface area contributed by atoms with Crippen molar-refractivity contribution in [3.8, 4) is 0 Å². The molecular weight excluding hydrogens is 296 g/mol. The van der Waals surface area contributed by atoms with E-state index in [0.29, 0.717) is 12.0 Å². The standard InChI is InChI=1S/C13H21BrN2S/c14-11-6-12(17-9-11)8-16-7-10-4-2-1-3-5-13(10)15/h6,9-10,13,16H,1-5,7-8,15H2. The maximum absolute atomic E-state index is 6.22. The zero-order valence-corrected chi connectivity index (χ0v) is 12.5. The zero-order valence-electron chi connectivity index (χ0n) is 10.1. The fraction of sp³-hybridized carbons (Fsp3) is 0.692. The molecule has 0 amide bonds. The van der Waals surface area contributed by atoms with E-state index in [4.69, 9.17) is 5.73 Å². The van der Waals surface area contributed by atoms with Crippen LogP contribution >= 0.6 is 27.3 Å². The molecule has 1 aliphatic rings. The van der Waals surface area contributed by atoms with Gasteiger partial charge in [-0.3, -0.25) is 0 Å². The van der Waals surface area contributed by atoms with Crippen molar-refractivity contribution in [2.45, 2.75) is 44.7 Å². The number of rotatable bonds is 4. The summed E-state index contributed by atoms with van der Waals surface area (Å²) >= 11 is 5.28. The van der Waals surface area contributed by atoms with Crippen LogP contribution < -0.4 is 11.1 Å². The second-order valence-corrected chi connectivity index (χ2v) is 6.84. The highest BCUT2D eigenvalue weighted by Gasteiger charge is 2.19. The van der Waals surface area contributed by atoms with Crippen LogP contribution in [0.2, 0.25) is 0 Å². The van der Waals surface area contributed by atoms with Crippen LogP contribution in [0.1, 0.15) is 37.0 Å². The van der Waals surface area contributed by atoms with Crippen molar-refractivity contribution in [2.75, 3.05) is 6.54 Å². The first kappa shape index (κ1) is 13.5. The number of nitrogens with two attached hydrogens (primary N) is 1. The second-order valence-electron chi connectivity index (χ2n) is 4.92. The van der Waals surface area contributed by atoms with Gasteiger partial charge in [0.1, 0.15) is 0 Å². The van der Waals surface area contributed by atoms with Gasteiger partial charge in [0.05, 0.1) is 0 Å². The smallest absolute Gasteiger partial charge is 0.0300 e. The van der Waals surface area contributed by atoms with Gasteiger partial charge in [0, 0.05) is 27.3 Å². The predicted molar refractivity (Wildman–Crippen MR) is 78.3 cm³/mol. The first-order valence-electron chi connectivity index (χ1n) is 6.45. The monoisotopic (exact) mass is 316 g/mol. The van der Waals surface area contributed by atoms with Crippen LogP contribution in [0.15, 0.2) is 15.9 Å². The molecule has 3 N–H and O–H groups in total. The molecule has 1 saturated carbocycles. The van der Waals surface area contributed by atoms with Crippen molar-refractivity contribution in [3.63, 3.8) is 0 Å². The van der Waals surface area contributed by atoms with E-state index < -0.39 is 0 Å². The quantitative estimate of drug-likeness (QED) is 0.834. The average molecular weight is 317 g/mol. The topological polar surface area (TPSA) is 38.0 Å². The van der Waals surface area contributed by atoms with Gasteiger partial charge in [-0.1, -0.05) is 19.3 Å². The van der Waals surface area contributed by atoms with Gasteiger partial charge >= 0.3 is 0 Å². The lowest BCUT2D eigenvalue weighted by Gasteiger charge is -2.21. The van der Waals surface area contributed by atoms with Crippen LogP contribution in [0, 0.1) is 5.92 Å². The van der Waals surface area contributed by atoms with E-state index in [2.05, 4.69) is 32.7 Å². The summed E-state index contributed by atoms with van der Waals surface area (Å²) in [7, 11) is 0. The summed E-state index contributed by atoms with van der Waals surface area (Å²) in [6.07, 6.45) is 6.53. The summed E-state index contributed by atoms with van der Waals surface area (Å²) in [5, 5.41) is 5.69. The van der Waals surface area contributed by atoms with Crippen LogP contribution in [-0.2, 0) is 6.54 Å². The Morgan fingerprint density at radius 1 is 1.35 bits per heavy atom. The number of thiophene rings is 1. The molecule has 2 rings (SSSR count). The van der Waals surface area contributed by atoms with Crippen molar-refractivity contribution < 1.29 is 0 Å². The Labute approximate surface area is 116 Å². The van der Waals surface area contributed by atoms with Gasteiger partial charge in [-0.05, 0) is 47.3 Å². The third kappa shape index (κ3) is 4.36. The first-order valence-corrected chi connectivity index (χ1v) is 8.12. The lowest BCUT2D eigenvalue weighted by Crippen LogP contribution is -2.36. The summed E-state index contributed by atoms with van der Waals surface area (Å²) in [6, 6.07) is 2.59. The Morgan fingerprint density at radius 3 is 2.94 bits per heavy atom. The molecule has 17 heavy (non-hydrogen) atoms. The van der Waals surface area contributed by atoms with Crippen molar-refractivity contribution >= 4 is 27.3 Å². The molecular formula is C13H21BrN2S. The molecule has 2 unspecified atom stereocenters. The lowest BCUT2D eigenvalue weighted by molar-refractivity contribution is 0.375. The van der Waals surface area contributed by atoms with Crippen molar-refractivity contribution in [3.05, 3.63) is 20.8 Å². The van der Waals surface area contributed by atoms with E-state index in [-0.39, 0.29) is 0 Å². The SMILES string of the molecule is NC1CCCCCC1CNCc1cc(Br)cs1. The molecule has 1 aromatic heterocycles. The fourth-order valence-electron chi connectivity index (χ4n) is 2.49. The van der Waals surface area contributed by atoms with Gasteiger partial charge in [-0.15, -0.1) is 11.3 Å². The van der Waals surface area contributed by atoms with Crippen LogP contribution in [-0.4, -0.2) is 12.6 Å². The summed E-state index contributed by atoms with van der Waals surface area (Å²) in [4.78, 5) is 1.39. The van der Waals surface area contributed by atoms with E-state index >= 15 is 0 Å². The van der Waals surface area contributed by atoms with Gasteiger partial charge in [0.15, 0.2) is 0 Å². The van der Waals surface area contributed by atoms with E-state index in [1.54, 1.807) is 11.3 Å². The van der Waals surface area contributed by atoms with Gasteiger partial charge in [0.25, 0.3) is 0 Å². The van der Waals surface area contributed by atoms with E-state index in [1.165, 1.54) is 41.5 Å². The molecule has 0 spiro atoms. The summed E-state index contributed by atoms with van der Waals surface area (Å²) < 4.78 is 1.19. The molecule has 1 aromatic rings. The van der Waals surface area contributed by atoms with Crippen LogP contribution in [0.25, 0.3) is 0 Å². The van der Waals surface area contributed by atoms with Gasteiger partial charge in [0.2, 0.25) is 0 Å². The molecule has 0 bridgehead atoms. The van der Waals surface area contributed by atoms with Gasteiger partial charge < -0.3 is 11.1 Å². The van der Waals surface area contributed by atoms with Crippen LogP contribution in [0.5, 0.6) is 0 Å². The molecule has 2 atom stereocenters. The molecule has 1 heterocycles. The van der Waals surface area contributed by atoms with E-state index in [9.17, 15) is 0 Å². The Balaban J connectivity index is 1.73. The maximum Gasteiger partial charge on any atom is 0.0300 e. The third-order valence-corrected chi connectivity index (χ3v) is 5.24. The maximum atomic E-state index is 6.22. The Morgan fingerprint density at radius 2 is 2.18 bits per heavy atom. The predicted octanol–water partition coefficient (Wildman–Crippen LogP) is 3.51. The average Bonchev–Trinajstić information content (AvgIpc) is 2.61. The third-order valence-electron chi connectivity index (χ3n) is 3.55. The lowest BCUT2D eigenvalue weighted by atomic mass is 9.95. The summed E-state index contributed by atoms with van der Waals surface area (Å²) in [6.45, 7) is 2.04. The molecule has 0 aliphatic heterocycles. The Kier molecular flexibility index (Phi) is 5.48. The number of halogens is 1. The zero-order chi connectivity index (χ0) is 12.1. The van der Waals surface area contributed by atoms with Gasteiger partial charge in [-0.2, -0.15) is 0 Å². The largest absolute Gasteiger partial charge is 0.327 e. The van der Waals surface area contributed by atoms with E-state index in [0.717, 1.165) is 13.1 Å². The highest BCUT2D eigenvalue weighted by atomic mass is 79.9. The number of hydrogen-bond donors (Lipinski definition) is 2. The minimum Gasteiger partial charge on any atom is -0.327 e. The Bertz CT molecular complexity index is 340. The molecule has 96 valence electrons. The highest BCUT2D eigenvalue weighted by molar-refractivity contribution is 9.10. The normalized spacial score (nSPS) is 25.8. The van der Waals surface area contributed by atoms with E-state index in [1.807, 2.05) is 0 Å². The summed E-state index contributed by atoms with van der Waals surface area (Å²) in [5.74, 6) is 0.668. The molecule has 0 saturated heterocycles. The molecule has 0 aromatic carbocycles. The molecule has 0 radical (unpaired) electrons. The van der Waals surface area contributed by atoms with Crippen LogP contribution in [0.4, 0.5) is 0 Å². The van der Waals surface area contributed by atoms with Crippen LogP contribution in [0.3, 0.4) is 0 Å². The molecule has 1 fully saturated rings. The molecule has 1 aliphatic carbocycles. The van der Waals surface area contributed by atoms with Crippen molar-refractivity contribution in [2.24, 2.45) is 11.7 Å². The Hall–Kier alpha value is 0.1000. The van der Waals surface area contributed by atoms with Crippen molar-refractivity contribution in [1.82, 2.24) is 5.32 Å². The minimum atomic E-state index is 0.403. The van der Waals surface area contributed by atoms with Crippen molar-refractivity contribution in [1.29, 1.82) is 0 Å². The minimum absolute atomic E-state index is 0.403.